The van der Waals surface area contributed by atoms with E-state index < -0.39 is 0 Å². The van der Waals surface area contributed by atoms with Crippen molar-refractivity contribution in [1.82, 2.24) is 15.1 Å². The molecule has 2 aliphatic rings. The lowest BCUT2D eigenvalue weighted by atomic mass is 10.1. The molecule has 2 atom stereocenters. The number of carbonyl (C=O) groups is 1. The lowest BCUT2D eigenvalue weighted by molar-refractivity contribution is 0.0940. The number of aromatic nitrogens is 2. The number of anilines is 1. The van der Waals surface area contributed by atoms with Crippen molar-refractivity contribution < 1.29 is 13.9 Å². The molecule has 0 saturated carbocycles. The van der Waals surface area contributed by atoms with Crippen LogP contribution in [0.25, 0.3) is 0 Å². The number of halogens is 1. The van der Waals surface area contributed by atoms with Crippen molar-refractivity contribution in [2.45, 2.75) is 44.4 Å². The molecule has 2 heterocycles. The Bertz CT molecular complexity index is 770. The number of carbonyl (C=O) groups excluding carboxylic acids is 1. The number of amides is 2. The van der Waals surface area contributed by atoms with Gasteiger partial charge >= 0.3 is 6.03 Å². The number of hydrogen-bond acceptors (Lipinski definition) is 3. The Morgan fingerprint density at radius 3 is 3.16 bits per heavy atom. The van der Waals surface area contributed by atoms with E-state index in [-0.39, 0.29) is 24.0 Å². The van der Waals surface area contributed by atoms with Crippen LogP contribution in [0.4, 0.5) is 14.9 Å². The van der Waals surface area contributed by atoms with E-state index in [1.165, 1.54) is 6.07 Å². The van der Waals surface area contributed by atoms with Crippen LogP contribution in [0.3, 0.4) is 0 Å². The smallest absolute Gasteiger partial charge is 0.319 e. The number of benzene rings is 1. The van der Waals surface area contributed by atoms with Crippen molar-refractivity contribution in [2.24, 2.45) is 0 Å². The zero-order chi connectivity index (χ0) is 17.2. The van der Waals surface area contributed by atoms with Crippen LogP contribution in [0, 0.1) is 5.82 Å². The topological polar surface area (TPSA) is 68.2 Å². The molecule has 1 saturated heterocycles. The first-order valence-corrected chi connectivity index (χ1v) is 8.67. The summed E-state index contributed by atoms with van der Waals surface area (Å²) >= 11 is 0. The molecule has 1 fully saturated rings. The number of ether oxygens (including phenoxy) is 1. The monoisotopic (exact) mass is 344 g/mol. The second-order valence-corrected chi connectivity index (χ2v) is 6.62. The maximum atomic E-state index is 13.3. The van der Waals surface area contributed by atoms with E-state index >= 15 is 0 Å². The van der Waals surface area contributed by atoms with Crippen molar-refractivity contribution in [2.75, 3.05) is 11.9 Å². The fourth-order valence-electron chi connectivity index (χ4n) is 3.59. The molecule has 7 heteroatoms. The molecule has 1 aromatic carbocycles. The molecule has 0 radical (unpaired) electrons. The molecule has 25 heavy (non-hydrogen) atoms. The van der Waals surface area contributed by atoms with Gasteiger partial charge in [-0.05, 0) is 48.9 Å². The van der Waals surface area contributed by atoms with Crippen LogP contribution in [-0.2, 0) is 17.7 Å². The number of urea groups is 1. The second-order valence-electron chi connectivity index (χ2n) is 6.62. The van der Waals surface area contributed by atoms with Gasteiger partial charge in [-0.2, -0.15) is 5.10 Å². The highest BCUT2D eigenvalue weighted by Gasteiger charge is 2.24. The molecule has 0 spiro atoms. The summed E-state index contributed by atoms with van der Waals surface area (Å²) in [5.41, 5.74) is 2.60. The molecule has 2 aromatic rings. The summed E-state index contributed by atoms with van der Waals surface area (Å²) in [6.07, 6.45) is 7.34. The Kier molecular flexibility index (Phi) is 4.40. The highest BCUT2D eigenvalue weighted by Crippen LogP contribution is 2.31. The van der Waals surface area contributed by atoms with Crippen LogP contribution in [0.2, 0.25) is 0 Å². The Hall–Kier alpha value is -2.41. The lowest BCUT2D eigenvalue weighted by Gasteiger charge is -2.14. The zero-order valence-corrected chi connectivity index (χ0v) is 13.9. The van der Waals surface area contributed by atoms with Gasteiger partial charge in [-0.25, -0.2) is 9.18 Å². The largest absolute Gasteiger partial charge is 0.376 e. The van der Waals surface area contributed by atoms with Gasteiger partial charge in [-0.1, -0.05) is 6.07 Å². The minimum atomic E-state index is -0.279. The van der Waals surface area contributed by atoms with Crippen molar-refractivity contribution in [3.05, 3.63) is 47.5 Å². The van der Waals surface area contributed by atoms with Crippen LogP contribution in [0.15, 0.2) is 30.6 Å². The third-order valence-electron chi connectivity index (χ3n) is 4.79. The number of aryl methyl sites for hydroxylation is 1. The van der Waals surface area contributed by atoms with E-state index in [2.05, 4.69) is 15.7 Å². The van der Waals surface area contributed by atoms with E-state index in [9.17, 15) is 9.18 Å². The highest BCUT2D eigenvalue weighted by atomic mass is 19.1. The quantitative estimate of drug-likeness (QED) is 0.896. The SMILES string of the molecule is O=C(Nc1cnn(CC2CCCO2)c1)NC1CCc2cc(F)ccc21. The number of rotatable bonds is 4. The molecule has 1 aliphatic heterocycles. The van der Waals surface area contributed by atoms with Gasteiger partial charge in [0.05, 0.1) is 30.6 Å². The standard InChI is InChI=1S/C18H21FN4O2/c19-13-4-5-16-12(8-13)3-6-17(16)22-18(24)21-14-9-20-23(10-14)11-15-2-1-7-25-15/h4-5,8-10,15,17H,1-3,6-7,11H2,(H2,21,22,24). The third-order valence-corrected chi connectivity index (χ3v) is 4.79. The summed E-state index contributed by atoms with van der Waals surface area (Å²) in [6.45, 7) is 1.51. The van der Waals surface area contributed by atoms with Gasteiger partial charge in [-0.15, -0.1) is 0 Å². The summed E-state index contributed by atoms with van der Waals surface area (Å²) < 4.78 is 20.7. The molecular weight excluding hydrogens is 323 g/mol. The maximum absolute atomic E-state index is 13.3. The first-order chi connectivity index (χ1) is 12.2. The molecule has 2 amide bonds. The van der Waals surface area contributed by atoms with E-state index in [0.29, 0.717) is 12.2 Å². The van der Waals surface area contributed by atoms with Crippen LogP contribution < -0.4 is 10.6 Å². The molecule has 4 rings (SSSR count). The molecular formula is C18H21FN4O2. The molecule has 1 aromatic heterocycles. The Morgan fingerprint density at radius 2 is 2.32 bits per heavy atom. The highest BCUT2D eigenvalue weighted by molar-refractivity contribution is 5.89. The average Bonchev–Trinajstić information content (AvgIpc) is 3.31. The Morgan fingerprint density at radius 1 is 1.40 bits per heavy atom. The molecule has 132 valence electrons. The van der Waals surface area contributed by atoms with Gasteiger partial charge in [0, 0.05) is 12.8 Å². The Balaban J connectivity index is 1.33. The van der Waals surface area contributed by atoms with E-state index in [1.807, 2.05) is 0 Å². The summed E-state index contributed by atoms with van der Waals surface area (Å²) in [6, 6.07) is 4.37. The van der Waals surface area contributed by atoms with E-state index in [4.69, 9.17) is 4.74 Å². The summed E-state index contributed by atoms with van der Waals surface area (Å²) in [4.78, 5) is 12.2. The molecule has 0 bridgehead atoms. The van der Waals surface area contributed by atoms with Crippen molar-refractivity contribution in [3.8, 4) is 0 Å². The van der Waals surface area contributed by atoms with Crippen molar-refractivity contribution in [3.63, 3.8) is 0 Å². The minimum Gasteiger partial charge on any atom is -0.376 e. The van der Waals surface area contributed by atoms with E-state index in [0.717, 1.165) is 43.4 Å². The predicted octanol–water partition coefficient (Wildman–Crippen LogP) is 3.01. The maximum Gasteiger partial charge on any atom is 0.319 e. The van der Waals surface area contributed by atoms with Gasteiger partial charge in [-0.3, -0.25) is 4.68 Å². The normalized spacial score (nSPS) is 22.0. The Labute approximate surface area is 145 Å². The van der Waals surface area contributed by atoms with Crippen LogP contribution >= 0.6 is 0 Å². The lowest BCUT2D eigenvalue weighted by Crippen LogP contribution is -2.31. The number of fused-ring (bicyclic) bond motifs is 1. The molecule has 2 N–H and O–H groups in total. The number of nitrogens with one attached hydrogen (secondary N) is 2. The molecule has 6 nitrogen and oxygen atoms in total. The average molecular weight is 344 g/mol. The first kappa shape index (κ1) is 16.1. The van der Waals surface area contributed by atoms with Crippen LogP contribution in [0.1, 0.15) is 36.4 Å². The molecule has 1 aliphatic carbocycles. The summed E-state index contributed by atoms with van der Waals surface area (Å²) in [5, 5.41) is 10.0. The van der Waals surface area contributed by atoms with Gasteiger partial charge in [0.1, 0.15) is 5.82 Å². The fraction of sp³-hybridized carbons (Fsp3) is 0.444. The van der Waals surface area contributed by atoms with Crippen LogP contribution in [-0.4, -0.2) is 28.5 Å². The number of hydrogen-bond donors (Lipinski definition) is 2. The van der Waals surface area contributed by atoms with Gasteiger partial charge in [0.15, 0.2) is 0 Å². The predicted molar refractivity (Wildman–Crippen MR) is 90.8 cm³/mol. The molecule has 2 unspecified atom stereocenters. The van der Waals surface area contributed by atoms with Gasteiger partial charge in [0.25, 0.3) is 0 Å². The third kappa shape index (κ3) is 3.66. The van der Waals surface area contributed by atoms with Gasteiger partial charge in [0.2, 0.25) is 0 Å². The second kappa shape index (κ2) is 6.84. The van der Waals surface area contributed by atoms with E-state index in [1.54, 1.807) is 29.2 Å². The minimum absolute atomic E-state index is 0.0856. The number of nitrogens with zero attached hydrogens (tertiary/aromatic N) is 2. The van der Waals surface area contributed by atoms with Crippen molar-refractivity contribution >= 4 is 11.7 Å². The zero-order valence-electron chi connectivity index (χ0n) is 13.9. The van der Waals surface area contributed by atoms with Crippen LogP contribution in [0.5, 0.6) is 0 Å². The summed E-state index contributed by atoms with van der Waals surface area (Å²) in [5.74, 6) is -0.234. The van der Waals surface area contributed by atoms with Gasteiger partial charge < -0.3 is 15.4 Å². The fourth-order valence-corrected chi connectivity index (χ4v) is 3.59. The first-order valence-electron chi connectivity index (χ1n) is 8.67. The summed E-state index contributed by atoms with van der Waals surface area (Å²) in [7, 11) is 0. The van der Waals surface area contributed by atoms with Crippen molar-refractivity contribution in [1.29, 1.82) is 0 Å².